The van der Waals surface area contributed by atoms with Gasteiger partial charge in [-0.2, -0.15) is 0 Å². The standard InChI is InChI=1S/C25H30N4O5/c1-5-28-21-9-7-17(13-20(21)24(32)29(6-2)25(28)33)12-19(30)11-16(3)14-27-23(31)18-8-10-22(34-4)26-15-18/h7-10,13,15-16H,5-6,11-12,14H2,1-4H3,(H,27,31). The number of carbonyl (C=O) groups is 2. The molecule has 1 aromatic carbocycles. The van der Waals surface area contributed by atoms with E-state index in [9.17, 15) is 19.2 Å². The molecule has 3 rings (SSSR count). The molecule has 34 heavy (non-hydrogen) atoms. The molecule has 1 N–H and O–H groups in total. The SMILES string of the molecule is CCn1c(=O)c2cc(CC(=O)CC(C)CNC(=O)c3ccc(OC)nc3)ccc2n(CC)c1=O. The van der Waals surface area contributed by atoms with Crippen molar-refractivity contribution in [3.05, 3.63) is 68.5 Å². The van der Waals surface area contributed by atoms with Gasteiger partial charge in [0.15, 0.2) is 0 Å². The van der Waals surface area contributed by atoms with Crippen LogP contribution in [0, 0.1) is 5.92 Å². The molecule has 1 amide bonds. The number of methoxy groups -OCH3 is 1. The van der Waals surface area contributed by atoms with Crippen LogP contribution in [0.1, 0.15) is 43.1 Å². The number of ether oxygens (including phenoxy) is 1. The molecule has 0 spiro atoms. The Morgan fingerprint density at radius 1 is 1.09 bits per heavy atom. The summed E-state index contributed by atoms with van der Waals surface area (Å²) in [7, 11) is 1.50. The zero-order valence-electron chi connectivity index (χ0n) is 20.0. The average Bonchev–Trinajstić information content (AvgIpc) is 2.83. The van der Waals surface area contributed by atoms with E-state index in [2.05, 4.69) is 10.3 Å². The average molecular weight is 467 g/mol. The third-order valence-electron chi connectivity index (χ3n) is 5.72. The first-order chi connectivity index (χ1) is 16.3. The minimum Gasteiger partial charge on any atom is -0.481 e. The molecule has 180 valence electrons. The minimum absolute atomic E-state index is 0.00634. The molecule has 3 aromatic rings. The van der Waals surface area contributed by atoms with Crippen molar-refractivity contribution in [2.24, 2.45) is 5.92 Å². The Kier molecular flexibility index (Phi) is 7.99. The lowest BCUT2D eigenvalue weighted by atomic mass is 9.99. The van der Waals surface area contributed by atoms with Gasteiger partial charge in [0.2, 0.25) is 5.88 Å². The van der Waals surface area contributed by atoms with Crippen LogP contribution >= 0.6 is 0 Å². The zero-order valence-corrected chi connectivity index (χ0v) is 20.0. The maximum Gasteiger partial charge on any atom is 0.331 e. The van der Waals surface area contributed by atoms with Crippen molar-refractivity contribution in [2.45, 2.75) is 46.7 Å². The molecule has 2 heterocycles. The monoisotopic (exact) mass is 466 g/mol. The van der Waals surface area contributed by atoms with Gasteiger partial charge < -0.3 is 10.1 Å². The number of aryl methyl sites for hydroxylation is 1. The van der Waals surface area contributed by atoms with E-state index in [0.717, 1.165) is 5.56 Å². The molecule has 0 bridgehead atoms. The molecular formula is C25H30N4O5. The Balaban J connectivity index is 1.64. The number of nitrogens with zero attached hydrogens (tertiary/aromatic N) is 3. The molecule has 2 aromatic heterocycles. The third kappa shape index (κ3) is 5.41. The van der Waals surface area contributed by atoms with Gasteiger partial charge in [-0.15, -0.1) is 0 Å². The fourth-order valence-corrected chi connectivity index (χ4v) is 3.93. The van der Waals surface area contributed by atoms with E-state index in [-0.39, 0.29) is 48.2 Å². The summed E-state index contributed by atoms with van der Waals surface area (Å²) in [5.74, 6) is 0.103. The Labute approximate surface area is 197 Å². The van der Waals surface area contributed by atoms with Crippen LogP contribution in [0.3, 0.4) is 0 Å². The first-order valence-corrected chi connectivity index (χ1v) is 11.3. The van der Waals surface area contributed by atoms with Gasteiger partial charge in [0.1, 0.15) is 5.78 Å². The van der Waals surface area contributed by atoms with Crippen molar-refractivity contribution < 1.29 is 14.3 Å². The fraction of sp³-hybridized carbons (Fsp3) is 0.400. The van der Waals surface area contributed by atoms with Gasteiger partial charge >= 0.3 is 5.69 Å². The molecule has 0 saturated heterocycles. The summed E-state index contributed by atoms with van der Waals surface area (Å²) in [6, 6.07) is 8.46. The highest BCUT2D eigenvalue weighted by Gasteiger charge is 2.15. The number of hydrogen-bond donors (Lipinski definition) is 1. The number of Topliss-reactive ketones (excluding diaryl/α,β-unsaturated/α-hetero) is 1. The second kappa shape index (κ2) is 10.9. The first-order valence-electron chi connectivity index (χ1n) is 11.3. The van der Waals surface area contributed by atoms with Crippen molar-refractivity contribution in [1.82, 2.24) is 19.4 Å². The predicted octanol–water partition coefficient (Wildman–Crippen LogP) is 2.17. The van der Waals surface area contributed by atoms with Crippen LogP contribution in [-0.2, 0) is 24.3 Å². The highest BCUT2D eigenvalue weighted by molar-refractivity contribution is 5.94. The molecule has 1 atom stereocenters. The van der Waals surface area contributed by atoms with E-state index < -0.39 is 0 Å². The van der Waals surface area contributed by atoms with Crippen molar-refractivity contribution in [2.75, 3.05) is 13.7 Å². The molecule has 9 nitrogen and oxygen atoms in total. The largest absolute Gasteiger partial charge is 0.481 e. The number of amides is 1. The summed E-state index contributed by atoms with van der Waals surface area (Å²) in [6.45, 7) is 6.58. The van der Waals surface area contributed by atoms with Gasteiger partial charge in [0.25, 0.3) is 11.5 Å². The molecule has 0 fully saturated rings. The molecular weight excluding hydrogens is 436 g/mol. The van der Waals surface area contributed by atoms with Crippen LogP contribution in [-0.4, -0.2) is 39.5 Å². The fourth-order valence-electron chi connectivity index (χ4n) is 3.93. The van der Waals surface area contributed by atoms with E-state index in [4.69, 9.17) is 4.74 Å². The lowest BCUT2D eigenvalue weighted by molar-refractivity contribution is -0.119. The molecule has 0 aliphatic rings. The van der Waals surface area contributed by atoms with E-state index in [0.29, 0.717) is 35.4 Å². The number of pyridine rings is 1. The van der Waals surface area contributed by atoms with Crippen LogP contribution in [0.4, 0.5) is 0 Å². The van der Waals surface area contributed by atoms with Crippen LogP contribution in [0.15, 0.2) is 46.1 Å². The Morgan fingerprint density at radius 2 is 1.82 bits per heavy atom. The summed E-state index contributed by atoms with van der Waals surface area (Å²) in [5.41, 5.74) is 1.04. The van der Waals surface area contributed by atoms with Crippen molar-refractivity contribution in [3.63, 3.8) is 0 Å². The molecule has 9 heteroatoms. The number of aromatic nitrogens is 3. The van der Waals surface area contributed by atoms with Crippen LogP contribution in [0.25, 0.3) is 10.9 Å². The first kappa shape index (κ1) is 24.9. The van der Waals surface area contributed by atoms with E-state index in [1.54, 1.807) is 41.8 Å². The quantitative estimate of drug-likeness (QED) is 0.490. The van der Waals surface area contributed by atoms with E-state index >= 15 is 0 Å². The number of fused-ring (bicyclic) bond motifs is 1. The second-order valence-corrected chi connectivity index (χ2v) is 8.25. The predicted molar refractivity (Wildman–Crippen MR) is 129 cm³/mol. The maximum atomic E-state index is 12.8. The van der Waals surface area contributed by atoms with Crippen LogP contribution < -0.4 is 21.3 Å². The third-order valence-corrected chi connectivity index (χ3v) is 5.72. The van der Waals surface area contributed by atoms with Gasteiger partial charge in [-0.1, -0.05) is 13.0 Å². The number of ketones is 1. The zero-order chi connectivity index (χ0) is 24.8. The Morgan fingerprint density at radius 3 is 2.44 bits per heavy atom. The van der Waals surface area contributed by atoms with Crippen molar-refractivity contribution in [1.29, 1.82) is 0 Å². The van der Waals surface area contributed by atoms with Gasteiger partial charge in [-0.05, 0) is 43.5 Å². The lowest BCUT2D eigenvalue weighted by Crippen LogP contribution is -2.39. The topological polar surface area (TPSA) is 112 Å². The maximum absolute atomic E-state index is 12.8. The Hall–Kier alpha value is -3.75. The number of nitrogens with one attached hydrogen (secondary N) is 1. The Bertz CT molecular complexity index is 1310. The molecule has 0 aliphatic heterocycles. The molecule has 0 aliphatic carbocycles. The molecule has 0 radical (unpaired) electrons. The summed E-state index contributed by atoms with van der Waals surface area (Å²) >= 11 is 0. The number of benzene rings is 1. The molecule has 0 saturated carbocycles. The van der Waals surface area contributed by atoms with E-state index in [1.807, 2.05) is 13.8 Å². The van der Waals surface area contributed by atoms with Crippen molar-refractivity contribution >= 4 is 22.6 Å². The number of carbonyl (C=O) groups excluding carboxylic acids is 2. The number of hydrogen-bond acceptors (Lipinski definition) is 6. The smallest absolute Gasteiger partial charge is 0.331 e. The van der Waals surface area contributed by atoms with E-state index in [1.165, 1.54) is 17.9 Å². The van der Waals surface area contributed by atoms with Crippen LogP contribution in [0.5, 0.6) is 5.88 Å². The summed E-state index contributed by atoms with van der Waals surface area (Å²) in [6.07, 6.45) is 1.90. The van der Waals surface area contributed by atoms with Gasteiger partial charge in [-0.3, -0.25) is 23.5 Å². The normalized spacial score (nSPS) is 11.9. The highest BCUT2D eigenvalue weighted by Crippen LogP contribution is 2.14. The summed E-state index contributed by atoms with van der Waals surface area (Å²) < 4.78 is 7.76. The number of rotatable bonds is 10. The van der Waals surface area contributed by atoms with Gasteiger partial charge in [-0.25, -0.2) is 9.78 Å². The van der Waals surface area contributed by atoms with Gasteiger partial charge in [0.05, 0.1) is 23.6 Å². The minimum atomic E-state index is -0.342. The molecule has 1 unspecified atom stereocenters. The van der Waals surface area contributed by atoms with Gasteiger partial charge in [0, 0.05) is 44.7 Å². The van der Waals surface area contributed by atoms with Crippen molar-refractivity contribution in [3.8, 4) is 5.88 Å². The lowest BCUT2D eigenvalue weighted by Gasteiger charge is -2.14. The summed E-state index contributed by atoms with van der Waals surface area (Å²) in [5, 5.41) is 3.25. The summed E-state index contributed by atoms with van der Waals surface area (Å²) in [4.78, 5) is 54.2. The van der Waals surface area contributed by atoms with Crippen LogP contribution in [0.2, 0.25) is 0 Å². The second-order valence-electron chi connectivity index (χ2n) is 8.25. The highest BCUT2D eigenvalue weighted by atomic mass is 16.5.